The van der Waals surface area contributed by atoms with E-state index < -0.39 is 5.41 Å². The van der Waals surface area contributed by atoms with E-state index in [0.717, 1.165) is 175 Å². The predicted molar refractivity (Wildman–Crippen MR) is 217 cm³/mol. The van der Waals surface area contributed by atoms with Gasteiger partial charge in [-0.05, 0) is 237 Å². The van der Waals surface area contributed by atoms with Crippen LogP contribution in [0, 0.1) is 183 Å². The molecule has 30 unspecified atom stereocenters. The van der Waals surface area contributed by atoms with Gasteiger partial charge in [-0.3, -0.25) is 9.59 Å². The van der Waals surface area contributed by atoms with Gasteiger partial charge in [0.15, 0.2) is 0 Å². The fourth-order valence-electron chi connectivity index (χ4n) is 26.3. The van der Waals surface area contributed by atoms with Crippen molar-refractivity contribution >= 4 is 11.8 Å². The summed E-state index contributed by atoms with van der Waals surface area (Å²) in [5.74, 6) is 24.8. The van der Waals surface area contributed by atoms with Crippen molar-refractivity contribution in [1.29, 1.82) is 0 Å². The Hall–Kier alpha value is -1.92. The SMILES string of the molecule is CN1CCCN(C)CCNC(=O)C2(C(=O)NCC1)C1C3C4C=CC5C6C=CC7C8CCC9C%10CCC%11C%12C%10C%10C9C8C8C9C%13=C(C6C78)C5C4C4C%13C(C9%10)C%12C(C43)C%11C12. The van der Waals surface area contributed by atoms with Crippen molar-refractivity contribution in [2.75, 3.05) is 53.4 Å². The molecule has 304 valence electrons. The second kappa shape index (κ2) is 9.67. The van der Waals surface area contributed by atoms with Gasteiger partial charge in [-0.15, -0.1) is 0 Å². The lowest BCUT2D eigenvalue weighted by molar-refractivity contribution is -0.147. The Morgan fingerprint density at radius 1 is 0.448 bits per heavy atom. The number of hydrogen-bond acceptors (Lipinski definition) is 4. The lowest BCUT2D eigenvalue weighted by Gasteiger charge is -2.61. The van der Waals surface area contributed by atoms with Gasteiger partial charge in [-0.25, -0.2) is 0 Å². The number of fused-ring (bicyclic) bond motifs is 10. The van der Waals surface area contributed by atoms with Gasteiger partial charge < -0.3 is 20.4 Å². The Balaban J connectivity index is 0.882. The average molecular weight is 777 g/mol. The lowest BCUT2D eigenvalue weighted by atomic mass is 9.43. The highest BCUT2D eigenvalue weighted by Gasteiger charge is 2.92. The summed E-state index contributed by atoms with van der Waals surface area (Å²) in [5, 5.41) is 7.15. The number of carbonyl (C=O) groups is 2. The van der Waals surface area contributed by atoms with Gasteiger partial charge in [0, 0.05) is 26.2 Å². The Morgan fingerprint density at radius 2 is 0.897 bits per heavy atom. The minimum atomic E-state index is -0.880. The summed E-state index contributed by atoms with van der Waals surface area (Å²) in [4.78, 5) is 35.9. The largest absolute Gasteiger partial charge is 0.354 e. The third-order valence-corrected chi connectivity index (χ3v) is 25.8. The van der Waals surface area contributed by atoms with E-state index in [1.54, 1.807) is 12.8 Å². The molecule has 30 atom stereocenters. The molecule has 1 spiro atoms. The highest BCUT2D eigenvalue weighted by molar-refractivity contribution is 6.09. The predicted octanol–water partition coefficient (Wildman–Crippen LogP) is 5.16. The topological polar surface area (TPSA) is 64.7 Å². The van der Waals surface area contributed by atoms with Crippen LogP contribution in [0.2, 0.25) is 0 Å². The zero-order chi connectivity index (χ0) is 37.3. The van der Waals surface area contributed by atoms with E-state index >= 15 is 9.59 Å². The molecule has 0 radical (unpaired) electrons. The molecule has 2 amide bonds. The molecule has 0 aromatic heterocycles. The molecule has 0 aromatic rings. The van der Waals surface area contributed by atoms with Crippen LogP contribution in [0.4, 0.5) is 0 Å². The van der Waals surface area contributed by atoms with Crippen molar-refractivity contribution in [3.63, 3.8) is 0 Å². The Labute approximate surface area is 344 Å². The van der Waals surface area contributed by atoms with Crippen LogP contribution in [-0.4, -0.2) is 75.0 Å². The summed E-state index contributed by atoms with van der Waals surface area (Å²) in [7, 11) is 4.44. The van der Waals surface area contributed by atoms with Crippen molar-refractivity contribution in [2.45, 2.75) is 32.1 Å². The maximum absolute atomic E-state index is 15.5. The number of allylic oxidation sites excluding steroid dienone is 6. The fourth-order valence-corrected chi connectivity index (χ4v) is 26.3. The van der Waals surface area contributed by atoms with Gasteiger partial charge in [0.1, 0.15) is 5.41 Å². The highest BCUT2D eigenvalue weighted by atomic mass is 16.2. The van der Waals surface area contributed by atoms with Crippen LogP contribution < -0.4 is 10.6 Å². The van der Waals surface area contributed by atoms with Crippen molar-refractivity contribution in [3.8, 4) is 0 Å². The van der Waals surface area contributed by atoms with Gasteiger partial charge in [-0.1, -0.05) is 35.5 Å². The third kappa shape index (κ3) is 2.88. The molecule has 0 aromatic carbocycles. The van der Waals surface area contributed by atoms with E-state index in [-0.39, 0.29) is 23.7 Å². The van der Waals surface area contributed by atoms with Gasteiger partial charge >= 0.3 is 0 Å². The Kier molecular flexibility index (Phi) is 5.31. The first-order chi connectivity index (χ1) is 28.5. The maximum atomic E-state index is 15.5. The number of carbonyl (C=O) groups excluding carboxylic acids is 2. The first-order valence-corrected chi connectivity index (χ1v) is 25.6. The summed E-state index contributed by atoms with van der Waals surface area (Å²) in [6.45, 7) is 5.15. The normalized spacial score (nSPS) is 68.2. The molecule has 18 rings (SSSR count). The van der Waals surface area contributed by atoms with Crippen molar-refractivity contribution in [1.82, 2.24) is 20.4 Å². The van der Waals surface area contributed by atoms with Crippen LogP contribution >= 0.6 is 0 Å². The van der Waals surface area contributed by atoms with Crippen molar-refractivity contribution in [2.24, 2.45) is 183 Å². The Morgan fingerprint density at radius 3 is 1.59 bits per heavy atom. The number of rotatable bonds is 0. The van der Waals surface area contributed by atoms with Crippen LogP contribution in [0.5, 0.6) is 0 Å². The number of likely N-dealkylation sites (N-methyl/N-ethyl adjacent to an activating group) is 2. The van der Waals surface area contributed by atoms with Crippen LogP contribution in [0.25, 0.3) is 0 Å². The molecule has 0 bridgehead atoms. The summed E-state index contributed by atoms with van der Waals surface area (Å²) in [6.07, 6.45) is 18.6. The average Bonchev–Trinajstić information content (AvgIpc) is 3.80. The first-order valence-electron chi connectivity index (χ1n) is 25.6. The zero-order valence-corrected chi connectivity index (χ0v) is 34.6. The molecular formula is C52H64N4O2. The molecular weight excluding hydrogens is 713 g/mol. The zero-order valence-electron chi connectivity index (χ0n) is 34.6. The van der Waals surface area contributed by atoms with Gasteiger partial charge in [0.2, 0.25) is 11.8 Å². The highest BCUT2D eigenvalue weighted by Crippen LogP contribution is 2.94. The van der Waals surface area contributed by atoms with Crippen molar-refractivity contribution in [3.05, 3.63) is 35.5 Å². The smallest absolute Gasteiger partial charge is 0.236 e. The summed E-state index contributed by atoms with van der Waals surface area (Å²) in [5.41, 5.74) is 3.47. The molecule has 1 saturated heterocycles. The molecule has 1 aliphatic heterocycles. The van der Waals surface area contributed by atoms with E-state index in [1.165, 1.54) is 12.8 Å². The van der Waals surface area contributed by atoms with E-state index in [2.05, 4.69) is 70.0 Å². The number of nitrogens with zero attached hydrogens (tertiary/aromatic N) is 2. The molecule has 14 fully saturated rings. The van der Waals surface area contributed by atoms with Gasteiger partial charge in [0.25, 0.3) is 0 Å². The molecule has 17 aliphatic carbocycles. The minimum absolute atomic E-state index is 0.139. The summed E-state index contributed by atoms with van der Waals surface area (Å²) >= 11 is 0. The van der Waals surface area contributed by atoms with Crippen LogP contribution in [-0.2, 0) is 9.59 Å². The quantitative estimate of drug-likeness (QED) is 0.264. The molecule has 6 heteroatoms. The van der Waals surface area contributed by atoms with E-state index in [1.807, 2.05) is 0 Å². The molecule has 18 aliphatic rings. The summed E-state index contributed by atoms with van der Waals surface area (Å²) < 4.78 is 0. The number of nitrogens with one attached hydrogen (secondary N) is 2. The number of hydrogen-bond donors (Lipinski definition) is 2. The third-order valence-electron chi connectivity index (χ3n) is 25.8. The molecule has 1 heterocycles. The first kappa shape index (κ1) is 31.9. The number of amides is 2. The molecule has 2 N–H and O–H groups in total. The van der Waals surface area contributed by atoms with Gasteiger partial charge in [-0.2, -0.15) is 0 Å². The maximum Gasteiger partial charge on any atom is 0.236 e. The van der Waals surface area contributed by atoms with Crippen LogP contribution in [0.15, 0.2) is 35.5 Å². The standard InChI is InChI=1S/C52H64N4O2/c1-55-14-3-15-56(2)17-13-54-51(58)52(50(57)53-12-16-55)48-34-24-10-8-22-20-6-4-18-19-5-7-21-23-9-11-25-33-31(23)38-29(21)27(19)36-26(18)28(20)37-30(22)32(24)39-41(34)42(35(25)49(48)52)40(33)47-45(38)43(36)44(37)46(39)47/h4,6,8,10,18-36,38-43,45-49H,3,5,7,9,11-17H2,1-2H3,(H,53,57)(H,54,58). The monoisotopic (exact) mass is 777 g/mol. The van der Waals surface area contributed by atoms with E-state index in [0.29, 0.717) is 36.8 Å². The van der Waals surface area contributed by atoms with E-state index in [9.17, 15) is 0 Å². The second-order valence-electron chi connectivity index (χ2n) is 25.5. The minimum Gasteiger partial charge on any atom is -0.354 e. The fraction of sp³-hybridized carbons (Fsp3) is 0.846. The van der Waals surface area contributed by atoms with Crippen LogP contribution in [0.3, 0.4) is 0 Å². The van der Waals surface area contributed by atoms with Crippen LogP contribution in [0.1, 0.15) is 32.1 Å². The lowest BCUT2D eigenvalue weighted by Crippen LogP contribution is -2.58. The molecule has 6 nitrogen and oxygen atoms in total. The Bertz CT molecular complexity index is 2110. The summed E-state index contributed by atoms with van der Waals surface area (Å²) in [6, 6.07) is 0. The molecule has 58 heavy (non-hydrogen) atoms. The molecule has 13 saturated carbocycles. The van der Waals surface area contributed by atoms with Gasteiger partial charge in [0.05, 0.1) is 0 Å². The second-order valence-corrected chi connectivity index (χ2v) is 25.5. The van der Waals surface area contributed by atoms with E-state index in [4.69, 9.17) is 0 Å². The van der Waals surface area contributed by atoms with Crippen molar-refractivity contribution < 1.29 is 9.59 Å².